The fourth-order valence-corrected chi connectivity index (χ4v) is 4.93. The predicted molar refractivity (Wildman–Crippen MR) is 161 cm³/mol. The lowest BCUT2D eigenvalue weighted by Gasteiger charge is -2.27. The molecule has 0 aliphatic carbocycles. The molecule has 9 nitrogen and oxygen atoms in total. The minimum Gasteiger partial charge on any atom is -0.490 e. The fourth-order valence-electron chi connectivity index (χ4n) is 3.98. The van der Waals surface area contributed by atoms with E-state index in [-0.39, 0.29) is 23.8 Å². The molecule has 1 saturated heterocycles. The molecule has 0 bridgehead atoms. The number of barbiturate groups is 1. The van der Waals surface area contributed by atoms with Gasteiger partial charge in [-0.05, 0) is 96.5 Å². The molecule has 1 aliphatic rings. The topological polar surface area (TPSA) is 114 Å². The molecule has 5 amide bonds. The summed E-state index contributed by atoms with van der Waals surface area (Å²) < 4.78 is 12.2. The minimum atomic E-state index is -0.866. The Bertz CT molecular complexity index is 1550. The van der Waals surface area contributed by atoms with E-state index in [1.807, 2.05) is 47.7 Å². The highest BCUT2D eigenvalue weighted by atomic mass is 127. The number of rotatable bonds is 8. The molecule has 0 spiro atoms. The largest absolute Gasteiger partial charge is 0.490 e. The van der Waals surface area contributed by atoms with Gasteiger partial charge in [0.15, 0.2) is 18.1 Å². The molecule has 2 N–H and O–H groups in total. The molecular weight excluding hydrogens is 649 g/mol. The van der Waals surface area contributed by atoms with Gasteiger partial charge in [-0.3, -0.25) is 19.7 Å². The molecule has 1 heterocycles. The summed E-state index contributed by atoms with van der Waals surface area (Å²) in [5, 5.41) is 5.36. The van der Waals surface area contributed by atoms with Gasteiger partial charge in [0.25, 0.3) is 17.7 Å². The average molecular weight is 674 g/mol. The Kier molecular flexibility index (Phi) is 9.10. The number of ether oxygens (including phenoxy) is 2. The number of para-hydroxylation sites is 1. The quantitative estimate of drug-likeness (QED) is 0.182. The Morgan fingerprint density at radius 1 is 1.05 bits per heavy atom. The summed E-state index contributed by atoms with van der Waals surface area (Å²) in [5.41, 5.74) is 2.72. The fraction of sp³-hybridized carbons (Fsp3) is 0.172. The Hall–Kier alpha value is -3.90. The van der Waals surface area contributed by atoms with Crippen molar-refractivity contribution in [3.05, 3.63) is 85.5 Å². The molecule has 3 aromatic carbocycles. The monoisotopic (exact) mass is 673 g/mol. The van der Waals surface area contributed by atoms with Crippen LogP contribution in [0.4, 0.5) is 16.2 Å². The van der Waals surface area contributed by atoms with Crippen LogP contribution in [0.1, 0.15) is 23.6 Å². The van der Waals surface area contributed by atoms with E-state index in [1.165, 1.54) is 12.1 Å². The van der Waals surface area contributed by atoms with Crippen LogP contribution < -0.4 is 25.0 Å². The highest BCUT2D eigenvalue weighted by Crippen LogP contribution is 2.36. The Labute approximate surface area is 249 Å². The SMILES string of the molecule is CCOc1cc(/C=C2\C(=O)NC(=O)N(c3cc(Cl)ccc3C)C2=O)cc(I)c1OCC(=O)Nc1ccccc1C. The van der Waals surface area contributed by atoms with Crippen LogP contribution >= 0.6 is 34.2 Å². The van der Waals surface area contributed by atoms with Crippen LogP contribution in [0.25, 0.3) is 6.08 Å². The van der Waals surface area contributed by atoms with E-state index in [9.17, 15) is 19.2 Å². The lowest BCUT2D eigenvalue weighted by molar-refractivity contribution is -0.122. The molecule has 11 heteroatoms. The Morgan fingerprint density at radius 2 is 1.80 bits per heavy atom. The van der Waals surface area contributed by atoms with Crippen molar-refractivity contribution in [1.82, 2.24) is 5.32 Å². The van der Waals surface area contributed by atoms with Crippen molar-refractivity contribution < 1.29 is 28.7 Å². The van der Waals surface area contributed by atoms with Gasteiger partial charge in [-0.25, -0.2) is 9.69 Å². The number of benzene rings is 3. The maximum absolute atomic E-state index is 13.4. The molecule has 4 rings (SSSR count). The van der Waals surface area contributed by atoms with Crippen LogP contribution in [-0.2, 0) is 14.4 Å². The maximum Gasteiger partial charge on any atom is 0.335 e. The van der Waals surface area contributed by atoms with Gasteiger partial charge in [0.2, 0.25) is 0 Å². The average Bonchev–Trinajstić information content (AvgIpc) is 2.89. The van der Waals surface area contributed by atoms with Crippen molar-refractivity contribution in [3.8, 4) is 11.5 Å². The molecule has 1 fully saturated rings. The standard InChI is InChI=1S/C29H25ClIN3O6/c1-4-39-24-13-18(12-21(31)26(24)40-15-25(35)32-22-8-6-5-7-16(22)2)11-20-27(36)33-29(38)34(28(20)37)23-14-19(30)10-9-17(23)3/h5-14H,4,15H2,1-3H3,(H,32,35)(H,33,36,38)/b20-11+. The zero-order chi connectivity index (χ0) is 29.0. The highest BCUT2D eigenvalue weighted by molar-refractivity contribution is 14.1. The van der Waals surface area contributed by atoms with Crippen molar-refractivity contribution >= 4 is 75.4 Å². The van der Waals surface area contributed by atoms with E-state index in [0.717, 1.165) is 10.5 Å². The van der Waals surface area contributed by atoms with Crippen molar-refractivity contribution in [2.24, 2.45) is 0 Å². The zero-order valence-electron chi connectivity index (χ0n) is 21.8. The van der Waals surface area contributed by atoms with Crippen LogP contribution in [0.2, 0.25) is 5.02 Å². The number of hydrogen-bond donors (Lipinski definition) is 2. The Morgan fingerprint density at radius 3 is 2.52 bits per heavy atom. The van der Waals surface area contributed by atoms with Gasteiger partial charge in [0.1, 0.15) is 5.57 Å². The summed E-state index contributed by atoms with van der Waals surface area (Å²) in [4.78, 5) is 52.1. The molecule has 0 atom stereocenters. The smallest absolute Gasteiger partial charge is 0.335 e. The van der Waals surface area contributed by atoms with Crippen molar-refractivity contribution in [3.63, 3.8) is 0 Å². The molecule has 0 saturated carbocycles. The Balaban J connectivity index is 1.61. The van der Waals surface area contributed by atoms with E-state index in [4.69, 9.17) is 21.1 Å². The summed E-state index contributed by atoms with van der Waals surface area (Å²) in [7, 11) is 0. The molecule has 0 aromatic heterocycles. The van der Waals surface area contributed by atoms with E-state index in [0.29, 0.717) is 43.5 Å². The number of amides is 5. The van der Waals surface area contributed by atoms with Crippen LogP contribution in [0.15, 0.2) is 60.2 Å². The second-order valence-corrected chi connectivity index (χ2v) is 10.4. The highest BCUT2D eigenvalue weighted by Gasteiger charge is 2.37. The molecule has 1 aliphatic heterocycles. The molecule has 0 unspecified atom stereocenters. The second-order valence-electron chi connectivity index (χ2n) is 8.80. The van der Waals surface area contributed by atoms with Crippen LogP contribution in [0.3, 0.4) is 0 Å². The van der Waals surface area contributed by atoms with Crippen molar-refractivity contribution in [2.45, 2.75) is 20.8 Å². The molecule has 3 aromatic rings. The minimum absolute atomic E-state index is 0.247. The number of carbonyl (C=O) groups is 4. The van der Waals surface area contributed by atoms with Crippen LogP contribution in [-0.4, -0.2) is 37.0 Å². The normalized spacial score (nSPS) is 14.3. The number of nitrogens with one attached hydrogen (secondary N) is 2. The number of anilines is 2. The third-order valence-electron chi connectivity index (χ3n) is 5.92. The summed E-state index contributed by atoms with van der Waals surface area (Å²) in [6.07, 6.45) is 1.37. The first-order valence-corrected chi connectivity index (χ1v) is 13.7. The van der Waals surface area contributed by atoms with E-state index in [2.05, 4.69) is 10.6 Å². The van der Waals surface area contributed by atoms with Gasteiger partial charge in [0, 0.05) is 10.7 Å². The second kappa shape index (κ2) is 12.5. The number of hydrogen-bond acceptors (Lipinski definition) is 6. The van der Waals surface area contributed by atoms with Crippen LogP contribution in [0, 0.1) is 17.4 Å². The lowest BCUT2D eigenvalue weighted by Crippen LogP contribution is -2.54. The first-order valence-electron chi connectivity index (χ1n) is 12.2. The van der Waals surface area contributed by atoms with Crippen molar-refractivity contribution in [2.75, 3.05) is 23.4 Å². The number of nitrogens with zero attached hydrogens (tertiary/aromatic N) is 1. The van der Waals surface area contributed by atoms with Crippen molar-refractivity contribution in [1.29, 1.82) is 0 Å². The molecule has 40 heavy (non-hydrogen) atoms. The van der Waals surface area contributed by atoms with Gasteiger partial charge in [0.05, 0.1) is 15.9 Å². The molecule has 0 radical (unpaired) electrons. The van der Waals surface area contributed by atoms with Gasteiger partial charge < -0.3 is 14.8 Å². The summed E-state index contributed by atoms with van der Waals surface area (Å²) in [5.74, 6) is -1.29. The van der Waals surface area contributed by atoms with Gasteiger partial charge in [-0.2, -0.15) is 0 Å². The van der Waals surface area contributed by atoms with E-state index >= 15 is 0 Å². The number of urea groups is 1. The third kappa shape index (κ3) is 6.45. The number of carbonyl (C=O) groups excluding carboxylic acids is 4. The first kappa shape index (κ1) is 29.1. The summed E-state index contributed by atoms with van der Waals surface area (Å²) in [6, 6.07) is 14.6. The van der Waals surface area contributed by atoms with E-state index in [1.54, 1.807) is 44.2 Å². The van der Waals surface area contributed by atoms with Gasteiger partial charge in [-0.1, -0.05) is 35.9 Å². The predicted octanol–water partition coefficient (Wildman–Crippen LogP) is 5.64. The number of halogens is 2. The van der Waals surface area contributed by atoms with Crippen LogP contribution in [0.5, 0.6) is 11.5 Å². The van der Waals surface area contributed by atoms with Gasteiger partial charge >= 0.3 is 6.03 Å². The van der Waals surface area contributed by atoms with Gasteiger partial charge in [-0.15, -0.1) is 0 Å². The summed E-state index contributed by atoms with van der Waals surface area (Å²) >= 11 is 8.12. The lowest BCUT2D eigenvalue weighted by atomic mass is 10.1. The summed E-state index contributed by atoms with van der Waals surface area (Å²) in [6.45, 7) is 5.45. The number of aryl methyl sites for hydroxylation is 2. The first-order chi connectivity index (χ1) is 19.1. The zero-order valence-corrected chi connectivity index (χ0v) is 24.8. The molecule has 206 valence electrons. The third-order valence-corrected chi connectivity index (χ3v) is 6.96. The number of imide groups is 2. The van der Waals surface area contributed by atoms with E-state index < -0.39 is 17.8 Å². The molecular formula is C29H25ClIN3O6. The maximum atomic E-state index is 13.4.